The van der Waals surface area contributed by atoms with Crippen molar-refractivity contribution in [2.75, 3.05) is 0 Å². The van der Waals surface area contributed by atoms with Gasteiger partial charge >= 0.3 is 5.97 Å². The highest BCUT2D eigenvalue weighted by atomic mass is 16.6. The molecule has 4 atom stereocenters. The summed E-state index contributed by atoms with van der Waals surface area (Å²) in [6.45, 7) is 1.75. The van der Waals surface area contributed by atoms with Crippen LogP contribution in [-0.2, 0) is 9.53 Å². The summed E-state index contributed by atoms with van der Waals surface area (Å²) in [5.41, 5.74) is 0. The molecule has 3 N–H and O–H groups in total. The summed E-state index contributed by atoms with van der Waals surface area (Å²) >= 11 is 0. The molecule has 1 heterocycles. The number of aliphatic hydroxyl groups excluding tert-OH is 3. The van der Waals surface area contributed by atoms with Gasteiger partial charge in [-0.1, -0.05) is 25.2 Å². The predicted molar refractivity (Wildman–Crippen MR) is 61.1 cm³/mol. The Hall–Kier alpha value is -1.17. The molecule has 0 spiro atoms. The molecule has 5 nitrogen and oxygen atoms in total. The van der Waals surface area contributed by atoms with Crippen molar-refractivity contribution in [2.45, 2.75) is 44.2 Å². The Labute approximate surface area is 100 Å². The first-order chi connectivity index (χ1) is 8.04. The Balaban J connectivity index is 2.82. The number of hydrogen-bond donors (Lipinski definition) is 3. The van der Waals surface area contributed by atoms with Crippen molar-refractivity contribution in [3.05, 3.63) is 24.3 Å². The fraction of sp³-hybridized carbons (Fsp3) is 0.583. The maximum absolute atomic E-state index is 11.3. The van der Waals surface area contributed by atoms with Crippen LogP contribution in [0.4, 0.5) is 0 Å². The number of ether oxygens (including phenoxy) is 1. The Morgan fingerprint density at radius 2 is 2.18 bits per heavy atom. The van der Waals surface area contributed by atoms with Gasteiger partial charge in [-0.25, -0.2) is 4.79 Å². The van der Waals surface area contributed by atoms with Gasteiger partial charge < -0.3 is 20.1 Å². The number of allylic oxidation sites excluding steroid dienone is 2. The van der Waals surface area contributed by atoms with Crippen LogP contribution in [0.2, 0.25) is 0 Å². The van der Waals surface area contributed by atoms with Crippen molar-refractivity contribution < 1.29 is 24.9 Å². The molecular formula is C12H18O5. The Morgan fingerprint density at radius 3 is 2.82 bits per heavy atom. The molecule has 0 radical (unpaired) electrons. The van der Waals surface area contributed by atoms with E-state index in [9.17, 15) is 20.1 Å². The highest BCUT2D eigenvalue weighted by Gasteiger charge is 2.27. The van der Waals surface area contributed by atoms with Crippen molar-refractivity contribution >= 4 is 5.97 Å². The number of carbonyl (C=O) groups is 1. The Morgan fingerprint density at radius 1 is 1.47 bits per heavy atom. The van der Waals surface area contributed by atoms with Crippen molar-refractivity contribution in [3.8, 4) is 0 Å². The van der Waals surface area contributed by atoms with E-state index in [0.717, 1.165) is 0 Å². The van der Waals surface area contributed by atoms with Gasteiger partial charge in [0.15, 0.2) is 0 Å². The molecule has 1 rings (SSSR count). The molecule has 1 aliphatic rings. The molecule has 0 bridgehead atoms. The minimum absolute atomic E-state index is 0.0000926. The number of esters is 1. The molecule has 5 heteroatoms. The summed E-state index contributed by atoms with van der Waals surface area (Å²) < 4.78 is 5.02. The lowest BCUT2D eigenvalue weighted by molar-refractivity contribution is -0.152. The van der Waals surface area contributed by atoms with E-state index in [1.807, 2.05) is 0 Å². The van der Waals surface area contributed by atoms with E-state index < -0.39 is 30.4 Å². The zero-order valence-corrected chi connectivity index (χ0v) is 9.69. The van der Waals surface area contributed by atoms with Gasteiger partial charge in [-0.2, -0.15) is 0 Å². The lowest BCUT2D eigenvalue weighted by atomic mass is 10.0. The molecule has 0 amide bonds. The topological polar surface area (TPSA) is 87.0 Å². The zero-order valence-electron chi connectivity index (χ0n) is 9.69. The van der Waals surface area contributed by atoms with Gasteiger partial charge in [0.25, 0.3) is 0 Å². The first-order valence-electron chi connectivity index (χ1n) is 5.64. The summed E-state index contributed by atoms with van der Waals surface area (Å²) in [6, 6.07) is 0. The van der Waals surface area contributed by atoms with Crippen LogP contribution in [0.25, 0.3) is 0 Å². The maximum Gasteiger partial charge on any atom is 0.331 e. The van der Waals surface area contributed by atoms with Gasteiger partial charge in [0.05, 0.1) is 18.3 Å². The second-order valence-electron chi connectivity index (χ2n) is 3.99. The van der Waals surface area contributed by atoms with Gasteiger partial charge in [-0.15, -0.1) is 0 Å². The molecule has 0 saturated heterocycles. The summed E-state index contributed by atoms with van der Waals surface area (Å²) in [4.78, 5) is 11.3. The third-order valence-electron chi connectivity index (χ3n) is 2.63. The Kier molecular flexibility index (Phi) is 5.34. The van der Waals surface area contributed by atoms with E-state index in [0.29, 0.717) is 6.42 Å². The van der Waals surface area contributed by atoms with Gasteiger partial charge in [-0.3, -0.25) is 0 Å². The van der Waals surface area contributed by atoms with Gasteiger partial charge in [0.2, 0.25) is 0 Å². The van der Waals surface area contributed by atoms with E-state index in [2.05, 4.69) is 0 Å². The monoisotopic (exact) mass is 242 g/mol. The minimum atomic E-state index is -1.07. The fourth-order valence-corrected chi connectivity index (χ4v) is 1.55. The van der Waals surface area contributed by atoms with Gasteiger partial charge in [0, 0.05) is 12.5 Å². The lowest BCUT2D eigenvalue weighted by Gasteiger charge is -2.25. The highest BCUT2D eigenvalue weighted by Crippen LogP contribution is 2.15. The van der Waals surface area contributed by atoms with Crippen LogP contribution in [0.15, 0.2) is 24.3 Å². The second kappa shape index (κ2) is 6.54. The number of carbonyl (C=O) groups excluding carboxylic acids is 1. The van der Waals surface area contributed by atoms with E-state index in [4.69, 9.17) is 4.74 Å². The normalized spacial score (nSPS) is 32.0. The molecule has 1 aliphatic heterocycles. The third kappa shape index (κ3) is 4.30. The van der Waals surface area contributed by atoms with Crippen LogP contribution in [-0.4, -0.2) is 45.7 Å². The standard InChI is InChI=1S/C12H18O5/c1-2-8(13)11-7-10(15)9(14)5-3-4-6-12(16)17-11/h3-6,8-11,13-15H,2,7H2,1H3/t8?,9-,10-,11-/m0/s1. The number of cyclic esters (lactones) is 1. The smallest absolute Gasteiger partial charge is 0.331 e. The first-order valence-corrected chi connectivity index (χ1v) is 5.64. The maximum atomic E-state index is 11.3. The van der Waals surface area contributed by atoms with Crippen LogP contribution in [0, 0.1) is 0 Å². The van der Waals surface area contributed by atoms with Crippen molar-refractivity contribution in [3.63, 3.8) is 0 Å². The van der Waals surface area contributed by atoms with E-state index in [1.54, 1.807) is 6.92 Å². The van der Waals surface area contributed by atoms with Crippen LogP contribution >= 0.6 is 0 Å². The van der Waals surface area contributed by atoms with Crippen molar-refractivity contribution in [1.29, 1.82) is 0 Å². The van der Waals surface area contributed by atoms with Crippen molar-refractivity contribution in [1.82, 2.24) is 0 Å². The average Bonchev–Trinajstić information content (AvgIpc) is 2.31. The molecule has 0 aromatic carbocycles. The van der Waals surface area contributed by atoms with Gasteiger partial charge in [0.1, 0.15) is 6.10 Å². The largest absolute Gasteiger partial charge is 0.456 e. The highest BCUT2D eigenvalue weighted by molar-refractivity contribution is 5.82. The SMILES string of the molecule is CCC(O)[C@@H]1C[C@H](O)[C@@H](O)C=CC=CC(=O)O1. The molecule has 0 saturated carbocycles. The minimum Gasteiger partial charge on any atom is -0.456 e. The third-order valence-corrected chi connectivity index (χ3v) is 2.63. The average molecular weight is 242 g/mol. The van der Waals surface area contributed by atoms with Crippen molar-refractivity contribution in [2.24, 2.45) is 0 Å². The van der Waals surface area contributed by atoms with Crippen LogP contribution in [0.1, 0.15) is 19.8 Å². The first kappa shape index (κ1) is 13.9. The molecule has 1 unspecified atom stereocenters. The number of hydrogen-bond acceptors (Lipinski definition) is 5. The van der Waals surface area contributed by atoms with E-state index >= 15 is 0 Å². The van der Waals surface area contributed by atoms with E-state index in [-0.39, 0.29) is 6.42 Å². The molecular weight excluding hydrogens is 224 g/mol. The summed E-state index contributed by atoms with van der Waals surface area (Å²) in [5.74, 6) is -0.573. The van der Waals surface area contributed by atoms with Crippen LogP contribution < -0.4 is 0 Å². The van der Waals surface area contributed by atoms with Crippen LogP contribution in [0.3, 0.4) is 0 Å². The number of rotatable bonds is 2. The van der Waals surface area contributed by atoms with Crippen LogP contribution in [0.5, 0.6) is 0 Å². The zero-order chi connectivity index (χ0) is 12.8. The molecule has 0 aromatic heterocycles. The molecule has 96 valence electrons. The quantitative estimate of drug-likeness (QED) is 0.589. The number of aliphatic hydroxyl groups is 3. The second-order valence-corrected chi connectivity index (χ2v) is 3.99. The summed E-state index contributed by atoms with van der Waals surface area (Å²) in [5, 5.41) is 28.9. The predicted octanol–water partition coefficient (Wildman–Crippen LogP) is -0.0930. The Bertz CT molecular complexity index is 310. The molecule has 0 aromatic rings. The molecule has 0 fully saturated rings. The summed E-state index contributed by atoms with van der Waals surface area (Å²) in [7, 11) is 0. The fourth-order valence-electron chi connectivity index (χ4n) is 1.55. The van der Waals surface area contributed by atoms with E-state index in [1.165, 1.54) is 24.3 Å². The molecule has 17 heavy (non-hydrogen) atoms. The van der Waals surface area contributed by atoms with Gasteiger partial charge in [-0.05, 0) is 6.42 Å². The molecule has 0 aliphatic carbocycles. The summed E-state index contributed by atoms with van der Waals surface area (Å²) in [6.07, 6.45) is 2.10. The lowest BCUT2D eigenvalue weighted by Crippen LogP contribution is -2.37.